The summed E-state index contributed by atoms with van der Waals surface area (Å²) in [4.78, 5) is 18.2. The molecule has 0 saturated carbocycles. The van der Waals surface area contributed by atoms with Gasteiger partial charge in [0.05, 0.1) is 24.6 Å². The number of sulfonamides is 1. The summed E-state index contributed by atoms with van der Waals surface area (Å²) in [6, 6.07) is 3.67. The molecule has 11 heteroatoms. The van der Waals surface area contributed by atoms with Gasteiger partial charge >= 0.3 is 0 Å². The molecule has 0 radical (unpaired) electrons. The number of rotatable bonds is 4. The molecule has 1 N–H and O–H groups in total. The Morgan fingerprint density at radius 2 is 2.21 bits per heavy atom. The molecule has 3 aromatic heterocycles. The van der Waals surface area contributed by atoms with Gasteiger partial charge in [0.25, 0.3) is 5.91 Å². The van der Waals surface area contributed by atoms with Crippen LogP contribution in [-0.2, 0) is 21.8 Å². The van der Waals surface area contributed by atoms with Crippen LogP contribution in [0.3, 0.4) is 0 Å². The fourth-order valence-electron chi connectivity index (χ4n) is 3.44. The number of hydrogen-bond acceptors (Lipinski definition) is 7. The third-order valence-electron chi connectivity index (χ3n) is 5.10. The maximum absolute atomic E-state index is 13.2. The Labute approximate surface area is 172 Å². The van der Waals surface area contributed by atoms with Crippen LogP contribution in [0.4, 0.5) is 0 Å². The molecule has 1 aliphatic rings. The highest BCUT2D eigenvalue weighted by Crippen LogP contribution is 2.38. The van der Waals surface area contributed by atoms with Crippen molar-refractivity contribution in [3.8, 4) is 0 Å². The Balaban J connectivity index is 1.74. The third-order valence-corrected chi connectivity index (χ3v) is 8.19. The number of thiophene rings is 1. The van der Waals surface area contributed by atoms with Crippen LogP contribution >= 0.6 is 11.3 Å². The first kappa shape index (κ1) is 20.0. The zero-order valence-electron chi connectivity index (χ0n) is 16.2. The molecule has 29 heavy (non-hydrogen) atoms. The van der Waals surface area contributed by atoms with E-state index in [-0.39, 0.29) is 30.5 Å². The van der Waals surface area contributed by atoms with Gasteiger partial charge in [0, 0.05) is 44.3 Å². The van der Waals surface area contributed by atoms with Crippen LogP contribution < -0.4 is 5.32 Å². The highest BCUT2D eigenvalue weighted by atomic mass is 32.2. The molecule has 0 unspecified atom stereocenters. The number of morpholine rings is 1. The topological polar surface area (TPSA) is 106 Å². The quantitative estimate of drug-likeness (QED) is 0.665. The summed E-state index contributed by atoms with van der Waals surface area (Å²) >= 11 is 1.28. The van der Waals surface area contributed by atoms with Crippen molar-refractivity contribution in [1.82, 2.24) is 24.4 Å². The van der Waals surface area contributed by atoms with Gasteiger partial charge in [0.15, 0.2) is 0 Å². The number of nitrogens with one attached hydrogen (secondary N) is 1. The van der Waals surface area contributed by atoms with E-state index in [1.807, 2.05) is 6.07 Å². The van der Waals surface area contributed by atoms with Crippen molar-refractivity contribution < 1.29 is 17.9 Å². The molecule has 1 saturated heterocycles. The van der Waals surface area contributed by atoms with Crippen LogP contribution in [0.15, 0.2) is 29.4 Å². The van der Waals surface area contributed by atoms with Crippen LogP contribution in [0.2, 0.25) is 0 Å². The number of aromatic nitrogens is 3. The average molecular weight is 436 g/mol. The normalized spacial score (nSPS) is 18.2. The molecule has 0 spiro atoms. The number of hydrogen-bond donors (Lipinski definition) is 1. The van der Waals surface area contributed by atoms with Crippen molar-refractivity contribution in [2.45, 2.75) is 17.9 Å². The number of ether oxygens (including phenoxy) is 1. The van der Waals surface area contributed by atoms with Crippen LogP contribution in [0.5, 0.6) is 0 Å². The molecule has 0 aliphatic carbocycles. The Hall–Kier alpha value is -2.34. The van der Waals surface area contributed by atoms with E-state index in [1.165, 1.54) is 26.5 Å². The van der Waals surface area contributed by atoms with Crippen LogP contribution in [0.25, 0.3) is 10.2 Å². The van der Waals surface area contributed by atoms with Crippen LogP contribution in [0, 0.1) is 6.92 Å². The van der Waals surface area contributed by atoms with Crippen molar-refractivity contribution in [3.63, 3.8) is 0 Å². The van der Waals surface area contributed by atoms with Gasteiger partial charge < -0.3 is 10.1 Å². The maximum atomic E-state index is 13.2. The van der Waals surface area contributed by atoms with Gasteiger partial charge in [-0.3, -0.25) is 9.48 Å². The molecule has 0 bridgehead atoms. The van der Waals surface area contributed by atoms with E-state index in [4.69, 9.17) is 4.74 Å². The van der Waals surface area contributed by atoms with Gasteiger partial charge in [-0.05, 0) is 13.0 Å². The van der Waals surface area contributed by atoms with Gasteiger partial charge in [0.2, 0.25) is 10.0 Å². The number of fused-ring (bicyclic) bond motifs is 1. The zero-order chi connectivity index (χ0) is 20.8. The lowest BCUT2D eigenvalue weighted by Crippen LogP contribution is -2.42. The van der Waals surface area contributed by atoms with Crippen molar-refractivity contribution >= 4 is 37.5 Å². The second kappa shape index (κ2) is 7.48. The number of carbonyl (C=O) groups excluding carboxylic acids is 1. The Kier molecular flexibility index (Phi) is 5.15. The first-order valence-electron chi connectivity index (χ1n) is 9.04. The number of pyridine rings is 1. The lowest BCUT2D eigenvalue weighted by molar-refractivity contribution is -0.00193. The highest BCUT2D eigenvalue weighted by molar-refractivity contribution is 7.89. The predicted octanol–water partition coefficient (Wildman–Crippen LogP) is 1.46. The second-order valence-corrected chi connectivity index (χ2v) is 9.63. The van der Waals surface area contributed by atoms with E-state index in [9.17, 15) is 13.2 Å². The number of nitrogens with zero attached hydrogens (tertiary/aromatic N) is 4. The summed E-state index contributed by atoms with van der Waals surface area (Å²) in [5.74, 6) is -0.241. The monoisotopic (exact) mass is 435 g/mol. The van der Waals surface area contributed by atoms with Crippen molar-refractivity contribution in [3.05, 3.63) is 40.7 Å². The maximum Gasteiger partial charge on any atom is 0.261 e. The largest absolute Gasteiger partial charge is 0.371 e. The standard InChI is InChI=1S/C18H21N5O4S2/c1-11-14(9-21-22(11)3)29(25,26)23-7-8-27-13(10-23)15-12-5-4-6-20-18(12)28-16(15)17(24)19-2/h4-6,9,13H,7-8,10H2,1-3H3,(H,19,24)/t13-/m0/s1. The summed E-state index contributed by atoms with van der Waals surface area (Å²) in [5, 5.41) is 7.50. The van der Waals surface area contributed by atoms with Gasteiger partial charge in [-0.1, -0.05) is 6.07 Å². The smallest absolute Gasteiger partial charge is 0.261 e. The predicted molar refractivity (Wildman–Crippen MR) is 108 cm³/mol. The first-order valence-corrected chi connectivity index (χ1v) is 11.3. The molecule has 1 amide bonds. The molecular formula is C18H21N5O4S2. The molecule has 4 heterocycles. The fourth-order valence-corrected chi connectivity index (χ4v) is 6.19. The van der Waals surface area contributed by atoms with Crippen LogP contribution in [0.1, 0.15) is 27.0 Å². The summed E-state index contributed by atoms with van der Waals surface area (Å²) in [7, 11) is -0.463. The van der Waals surface area contributed by atoms with Crippen molar-refractivity contribution in [1.29, 1.82) is 0 Å². The van der Waals surface area contributed by atoms with E-state index in [0.29, 0.717) is 21.0 Å². The molecule has 9 nitrogen and oxygen atoms in total. The van der Waals surface area contributed by atoms with E-state index in [0.717, 1.165) is 5.39 Å². The van der Waals surface area contributed by atoms with E-state index < -0.39 is 16.1 Å². The van der Waals surface area contributed by atoms with Crippen LogP contribution in [-0.4, -0.2) is 60.1 Å². The first-order chi connectivity index (χ1) is 13.8. The fraction of sp³-hybridized carbons (Fsp3) is 0.389. The van der Waals surface area contributed by atoms with Gasteiger partial charge in [-0.15, -0.1) is 11.3 Å². The van der Waals surface area contributed by atoms with Crippen molar-refractivity contribution in [2.24, 2.45) is 7.05 Å². The number of carbonyl (C=O) groups is 1. The summed E-state index contributed by atoms with van der Waals surface area (Å²) in [6.07, 6.45) is 2.47. The molecular weight excluding hydrogens is 414 g/mol. The minimum absolute atomic E-state index is 0.112. The van der Waals surface area contributed by atoms with E-state index >= 15 is 0 Å². The average Bonchev–Trinajstić information content (AvgIpc) is 3.28. The molecule has 1 fully saturated rings. The Morgan fingerprint density at radius 3 is 2.90 bits per heavy atom. The summed E-state index contributed by atoms with van der Waals surface area (Å²) in [5.41, 5.74) is 1.25. The molecule has 1 aliphatic heterocycles. The zero-order valence-corrected chi connectivity index (χ0v) is 17.9. The SMILES string of the molecule is CNC(=O)c1sc2ncccc2c1[C@@H]1CN(S(=O)(=O)c2cnn(C)c2C)CCO1. The summed E-state index contributed by atoms with van der Waals surface area (Å²) in [6.45, 7) is 2.30. The minimum atomic E-state index is -3.73. The van der Waals surface area contributed by atoms with Crippen molar-refractivity contribution in [2.75, 3.05) is 26.7 Å². The molecule has 154 valence electrons. The van der Waals surface area contributed by atoms with Gasteiger partial charge in [-0.25, -0.2) is 13.4 Å². The minimum Gasteiger partial charge on any atom is -0.371 e. The Morgan fingerprint density at radius 1 is 1.41 bits per heavy atom. The Bertz CT molecular complexity index is 1180. The number of aryl methyl sites for hydroxylation is 1. The molecule has 4 rings (SSSR count). The van der Waals surface area contributed by atoms with Gasteiger partial charge in [0.1, 0.15) is 14.6 Å². The number of amides is 1. The summed E-state index contributed by atoms with van der Waals surface area (Å²) < 4.78 is 35.3. The van der Waals surface area contributed by atoms with E-state index in [2.05, 4.69) is 15.4 Å². The van der Waals surface area contributed by atoms with Gasteiger partial charge in [-0.2, -0.15) is 9.40 Å². The molecule has 1 atom stereocenters. The molecule has 0 aromatic carbocycles. The second-order valence-electron chi connectivity index (χ2n) is 6.72. The van der Waals surface area contributed by atoms with E-state index in [1.54, 1.807) is 33.3 Å². The lowest BCUT2D eigenvalue weighted by atomic mass is 10.0. The molecule has 3 aromatic rings. The third kappa shape index (κ3) is 3.33. The lowest BCUT2D eigenvalue weighted by Gasteiger charge is -2.32. The highest BCUT2D eigenvalue weighted by Gasteiger charge is 2.36.